The molecule has 2 aromatic carbocycles. The van der Waals surface area contributed by atoms with Gasteiger partial charge in [0, 0.05) is 16.8 Å². The van der Waals surface area contributed by atoms with Crippen LogP contribution in [0, 0.1) is 0 Å². The van der Waals surface area contributed by atoms with Crippen LogP contribution < -0.4 is 5.73 Å². The summed E-state index contributed by atoms with van der Waals surface area (Å²) in [5, 5.41) is 5.71. The summed E-state index contributed by atoms with van der Waals surface area (Å²) < 4.78 is 1.80. The number of benzene rings is 2. The van der Waals surface area contributed by atoms with Gasteiger partial charge in [-0.1, -0.05) is 53.5 Å². The summed E-state index contributed by atoms with van der Waals surface area (Å²) in [6.45, 7) is 0.656. The van der Waals surface area contributed by atoms with Crippen molar-refractivity contribution in [3.8, 4) is 11.3 Å². The molecule has 1 aromatic heterocycles. The van der Waals surface area contributed by atoms with E-state index in [0.717, 1.165) is 11.1 Å². The molecule has 0 bridgehead atoms. The van der Waals surface area contributed by atoms with E-state index in [2.05, 4.69) is 5.10 Å². The summed E-state index contributed by atoms with van der Waals surface area (Å²) in [5.74, 6) is 0. The molecule has 0 radical (unpaired) electrons. The second kappa shape index (κ2) is 5.80. The van der Waals surface area contributed by atoms with Gasteiger partial charge in [0.05, 0.1) is 17.3 Å². The molecule has 1 heterocycles. The molecule has 106 valence electrons. The first-order valence-electron chi connectivity index (χ1n) is 6.46. The molecule has 2 N–H and O–H groups in total. The van der Waals surface area contributed by atoms with E-state index in [1.165, 1.54) is 0 Å². The van der Waals surface area contributed by atoms with E-state index < -0.39 is 0 Å². The number of anilines is 1. The van der Waals surface area contributed by atoms with Crippen LogP contribution in [0.15, 0.2) is 54.7 Å². The second-order valence-corrected chi connectivity index (χ2v) is 5.58. The fourth-order valence-corrected chi connectivity index (χ4v) is 2.56. The lowest BCUT2D eigenvalue weighted by molar-refractivity contribution is 0.689. The van der Waals surface area contributed by atoms with Crippen molar-refractivity contribution in [2.75, 3.05) is 5.73 Å². The van der Waals surface area contributed by atoms with E-state index in [1.54, 1.807) is 29.1 Å². The molecular weight excluding hydrogens is 305 g/mol. The normalized spacial score (nSPS) is 10.8. The van der Waals surface area contributed by atoms with Crippen molar-refractivity contribution >= 4 is 28.9 Å². The van der Waals surface area contributed by atoms with Crippen molar-refractivity contribution in [1.29, 1.82) is 0 Å². The van der Waals surface area contributed by atoms with Gasteiger partial charge < -0.3 is 5.73 Å². The molecule has 21 heavy (non-hydrogen) atoms. The molecule has 0 aliphatic carbocycles. The molecule has 0 saturated carbocycles. The molecule has 0 aliphatic heterocycles. The lowest BCUT2D eigenvalue weighted by Gasteiger charge is -2.03. The van der Waals surface area contributed by atoms with E-state index in [1.807, 2.05) is 30.3 Å². The number of nitrogen functional groups attached to an aromatic ring is 1. The second-order valence-electron chi connectivity index (χ2n) is 4.74. The molecule has 0 spiro atoms. The predicted molar refractivity (Wildman–Crippen MR) is 87.6 cm³/mol. The van der Waals surface area contributed by atoms with Gasteiger partial charge in [-0.25, -0.2) is 0 Å². The Morgan fingerprint density at radius 2 is 1.81 bits per heavy atom. The molecule has 0 unspecified atom stereocenters. The third-order valence-electron chi connectivity index (χ3n) is 3.16. The van der Waals surface area contributed by atoms with Gasteiger partial charge in [0.15, 0.2) is 0 Å². The van der Waals surface area contributed by atoms with E-state index in [0.29, 0.717) is 28.0 Å². The summed E-state index contributed by atoms with van der Waals surface area (Å²) >= 11 is 12.2. The topological polar surface area (TPSA) is 43.8 Å². The molecule has 3 rings (SSSR count). The van der Waals surface area contributed by atoms with E-state index >= 15 is 0 Å². The highest BCUT2D eigenvalue weighted by Crippen LogP contribution is 2.32. The third kappa shape index (κ3) is 3.04. The van der Waals surface area contributed by atoms with Crippen molar-refractivity contribution in [2.45, 2.75) is 6.54 Å². The average molecular weight is 318 g/mol. The molecule has 3 nitrogen and oxygen atoms in total. The standard InChI is InChI=1S/C16H13Cl2N3/c17-12-6-7-14(18)13(8-12)16-15(19)10-21(20-16)9-11-4-2-1-3-5-11/h1-8,10H,9,19H2. The van der Waals surface area contributed by atoms with Gasteiger partial charge in [0.2, 0.25) is 0 Å². The van der Waals surface area contributed by atoms with Gasteiger partial charge in [0.25, 0.3) is 0 Å². The van der Waals surface area contributed by atoms with Gasteiger partial charge >= 0.3 is 0 Å². The number of halogens is 2. The number of nitrogens with zero attached hydrogens (tertiary/aromatic N) is 2. The largest absolute Gasteiger partial charge is 0.396 e. The van der Waals surface area contributed by atoms with Gasteiger partial charge in [-0.2, -0.15) is 5.10 Å². The van der Waals surface area contributed by atoms with Gasteiger partial charge in [-0.3, -0.25) is 4.68 Å². The molecule has 0 amide bonds. The highest BCUT2D eigenvalue weighted by molar-refractivity contribution is 6.35. The average Bonchev–Trinajstić information content (AvgIpc) is 2.83. The van der Waals surface area contributed by atoms with Crippen molar-refractivity contribution in [2.24, 2.45) is 0 Å². The molecule has 3 aromatic rings. The van der Waals surface area contributed by atoms with Crippen LogP contribution in [0.3, 0.4) is 0 Å². The minimum atomic E-state index is 0.579. The Morgan fingerprint density at radius 1 is 1.05 bits per heavy atom. The summed E-state index contributed by atoms with van der Waals surface area (Å²) in [5.41, 5.74) is 9.19. The highest BCUT2D eigenvalue weighted by atomic mass is 35.5. The van der Waals surface area contributed by atoms with Crippen LogP contribution in [0.1, 0.15) is 5.56 Å². The molecule has 0 aliphatic rings. The van der Waals surface area contributed by atoms with Crippen LogP contribution in [-0.2, 0) is 6.54 Å². The van der Waals surface area contributed by atoms with E-state index in [9.17, 15) is 0 Å². The Labute approximate surface area is 132 Å². The number of hydrogen-bond acceptors (Lipinski definition) is 2. The zero-order valence-corrected chi connectivity index (χ0v) is 12.6. The Balaban J connectivity index is 1.96. The lowest BCUT2D eigenvalue weighted by atomic mass is 10.1. The molecule has 0 fully saturated rings. The zero-order chi connectivity index (χ0) is 14.8. The molecule has 0 atom stereocenters. The van der Waals surface area contributed by atoms with Crippen LogP contribution in [0.5, 0.6) is 0 Å². The quantitative estimate of drug-likeness (QED) is 0.773. The summed E-state index contributed by atoms with van der Waals surface area (Å²) in [6.07, 6.45) is 1.81. The first kappa shape index (κ1) is 14.0. The smallest absolute Gasteiger partial charge is 0.117 e. The van der Waals surface area contributed by atoms with Crippen molar-refractivity contribution < 1.29 is 0 Å². The van der Waals surface area contributed by atoms with E-state index in [4.69, 9.17) is 28.9 Å². The van der Waals surface area contributed by atoms with Gasteiger partial charge in [0.1, 0.15) is 5.69 Å². The van der Waals surface area contributed by atoms with Crippen molar-refractivity contribution in [3.63, 3.8) is 0 Å². The number of hydrogen-bond donors (Lipinski definition) is 1. The van der Waals surface area contributed by atoms with Gasteiger partial charge in [-0.05, 0) is 23.8 Å². The number of rotatable bonds is 3. The summed E-state index contributed by atoms with van der Waals surface area (Å²) in [6, 6.07) is 15.3. The van der Waals surface area contributed by atoms with Crippen LogP contribution >= 0.6 is 23.2 Å². The lowest BCUT2D eigenvalue weighted by Crippen LogP contribution is -2.00. The Bertz CT molecular complexity index is 766. The maximum atomic E-state index is 6.21. The van der Waals surface area contributed by atoms with Crippen molar-refractivity contribution in [3.05, 3.63) is 70.3 Å². The Hall–Kier alpha value is -1.97. The third-order valence-corrected chi connectivity index (χ3v) is 3.73. The minimum absolute atomic E-state index is 0.579. The van der Waals surface area contributed by atoms with Crippen LogP contribution in [0.25, 0.3) is 11.3 Å². The SMILES string of the molecule is Nc1cn(Cc2ccccc2)nc1-c1cc(Cl)ccc1Cl. The fraction of sp³-hybridized carbons (Fsp3) is 0.0625. The highest BCUT2D eigenvalue weighted by Gasteiger charge is 2.12. The predicted octanol–water partition coefficient (Wildman–Crippen LogP) is 4.49. The summed E-state index contributed by atoms with van der Waals surface area (Å²) in [4.78, 5) is 0. The Morgan fingerprint density at radius 3 is 2.57 bits per heavy atom. The van der Waals surface area contributed by atoms with E-state index in [-0.39, 0.29) is 0 Å². The zero-order valence-electron chi connectivity index (χ0n) is 11.1. The summed E-state index contributed by atoms with van der Waals surface area (Å²) in [7, 11) is 0. The molecular formula is C16H13Cl2N3. The van der Waals surface area contributed by atoms with Crippen LogP contribution in [0.2, 0.25) is 10.0 Å². The molecule has 5 heteroatoms. The minimum Gasteiger partial charge on any atom is -0.396 e. The van der Waals surface area contributed by atoms with Crippen LogP contribution in [-0.4, -0.2) is 9.78 Å². The number of nitrogens with two attached hydrogens (primary N) is 1. The molecule has 0 saturated heterocycles. The fourth-order valence-electron chi connectivity index (χ4n) is 2.18. The van der Waals surface area contributed by atoms with Crippen LogP contribution in [0.4, 0.5) is 5.69 Å². The van der Waals surface area contributed by atoms with Gasteiger partial charge in [-0.15, -0.1) is 0 Å². The Kier molecular flexibility index (Phi) is 3.86. The monoisotopic (exact) mass is 317 g/mol. The first-order valence-corrected chi connectivity index (χ1v) is 7.21. The maximum absolute atomic E-state index is 6.21. The maximum Gasteiger partial charge on any atom is 0.117 e. The number of aromatic nitrogens is 2. The van der Waals surface area contributed by atoms with Crippen molar-refractivity contribution in [1.82, 2.24) is 9.78 Å². The first-order chi connectivity index (χ1) is 10.1.